The number of nitrogens with one attached hydrogen (secondary N) is 2. The summed E-state index contributed by atoms with van der Waals surface area (Å²) in [6.07, 6.45) is 0.873. The molecule has 0 atom stereocenters. The van der Waals surface area contributed by atoms with Crippen LogP contribution < -0.4 is 10.6 Å². The second-order valence-electron chi connectivity index (χ2n) is 4.62. The second kappa shape index (κ2) is 7.28. The topological polar surface area (TPSA) is 84.7 Å². The first-order chi connectivity index (χ1) is 10.5. The Hall–Kier alpha value is -2.06. The predicted molar refractivity (Wildman–Crippen MR) is 88.0 cm³/mol. The van der Waals surface area contributed by atoms with Crippen LogP contribution in [0.5, 0.6) is 0 Å². The second-order valence-corrected chi connectivity index (χ2v) is 5.43. The number of thiocarbonyl (C=S) groups is 1. The van der Waals surface area contributed by atoms with E-state index in [1.54, 1.807) is 22.9 Å². The number of anilines is 1. The zero-order valence-corrected chi connectivity index (χ0v) is 13.7. The van der Waals surface area contributed by atoms with Crippen LogP contribution in [0.1, 0.15) is 29.3 Å². The Morgan fingerprint density at radius 1 is 1.45 bits per heavy atom. The fourth-order valence-electron chi connectivity index (χ4n) is 1.76. The van der Waals surface area contributed by atoms with Gasteiger partial charge < -0.3 is 0 Å². The Kier molecular flexibility index (Phi) is 5.40. The molecule has 1 aromatic heterocycles. The molecule has 2 N–H and O–H groups in total. The molecule has 0 unspecified atom stereocenters. The van der Waals surface area contributed by atoms with Crippen LogP contribution in [-0.2, 0) is 6.54 Å². The van der Waals surface area contributed by atoms with E-state index in [4.69, 9.17) is 23.8 Å². The van der Waals surface area contributed by atoms with Gasteiger partial charge in [-0.05, 0) is 53.7 Å². The first-order valence-electron chi connectivity index (χ1n) is 6.66. The van der Waals surface area contributed by atoms with Gasteiger partial charge in [0, 0.05) is 6.54 Å². The number of amides is 1. The van der Waals surface area contributed by atoms with Crippen LogP contribution in [0.4, 0.5) is 5.95 Å². The first-order valence-corrected chi connectivity index (χ1v) is 7.44. The van der Waals surface area contributed by atoms with Crippen LogP contribution in [0.25, 0.3) is 0 Å². The van der Waals surface area contributed by atoms with E-state index in [9.17, 15) is 4.79 Å². The van der Waals surface area contributed by atoms with Crippen LogP contribution >= 0.6 is 23.8 Å². The zero-order valence-electron chi connectivity index (χ0n) is 12.1. The van der Waals surface area contributed by atoms with Gasteiger partial charge in [0.25, 0.3) is 5.91 Å². The maximum Gasteiger partial charge on any atom is 0.258 e. The van der Waals surface area contributed by atoms with Crippen molar-refractivity contribution in [3.8, 4) is 0 Å². The number of carbonyl (C=O) groups excluding carboxylic acids is 1. The molecule has 0 aliphatic heterocycles. The third kappa shape index (κ3) is 3.99. The molecule has 116 valence electrons. The van der Waals surface area contributed by atoms with Crippen molar-refractivity contribution in [1.82, 2.24) is 25.5 Å². The smallest absolute Gasteiger partial charge is 0.258 e. The third-order valence-corrected chi connectivity index (χ3v) is 3.31. The first kappa shape index (κ1) is 16.3. The largest absolute Gasteiger partial charge is 0.300 e. The minimum atomic E-state index is -0.392. The molecule has 0 spiro atoms. The molecule has 9 heteroatoms. The van der Waals surface area contributed by atoms with E-state index in [0.717, 1.165) is 12.0 Å². The van der Waals surface area contributed by atoms with E-state index in [0.29, 0.717) is 23.1 Å². The van der Waals surface area contributed by atoms with E-state index in [2.05, 4.69) is 26.2 Å². The van der Waals surface area contributed by atoms with Gasteiger partial charge in [0.2, 0.25) is 5.95 Å². The van der Waals surface area contributed by atoms with Crippen LogP contribution in [0.2, 0.25) is 5.02 Å². The number of nitrogens with zero attached hydrogens (tertiary/aromatic N) is 4. The number of hydrogen-bond donors (Lipinski definition) is 2. The average Bonchev–Trinajstić information content (AvgIpc) is 2.86. The summed E-state index contributed by atoms with van der Waals surface area (Å²) in [7, 11) is 0. The van der Waals surface area contributed by atoms with Crippen molar-refractivity contribution < 1.29 is 4.79 Å². The normalized spacial score (nSPS) is 10.3. The van der Waals surface area contributed by atoms with Crippen LogP contribution in [0.3, 0.4) is 0 Å². The summed E-state index contributed by atoms with van der Waals surface area (Å²) in [5.41, 5.74) is 1.32. The third-order valence-electron chi connectivity index (χ3n) is 2.79. The van der Waals surface area contributed by atoms with Crippen LogP contribution in [0, 0.1) is 6.92 Å². The number of rotatable bonds is 4. The minimum Gasteiger partial charge on any atom is -0.300 e. The Bertz CT molecular complexity index is 702. The lowest BCUT2D eigenvalue weighted by Crippen LogP contribution is -2.35. The molecule has 0 radical (unpaired) electrons. The number of tetrazole rings is 1. The van der Waals surface area contributed by atoms with Gasteiger partial charge in [-0.1, -0.05) is 29.7 Å². The number of aromatic nitrogens is 4. The van der Waals surface area contributed by atoms with E-state index in [1.807, 2.05) is 13.8 Å². The Morgan fingerprint density at radius 2 is 2.23 bits per heavy atom. The molecule has 1 heterocycles. The van der Waals surface area contributed by atoms with Gasteiger partial charge in [-0.2, -0.15) is 0 Å². The standard InChI is InChI=1S/C13H15ClN6OS/c1-3-6-20-12(17-18-19-20)16-13(22)15-11(21)9-5-4-8(2)7-10(9)14/h4-5,7H,3,6H2,1-2H3,(H2,15,16,17,19,21,22). The molecule has 2 aromatic rings. The number of aryl methyl sites for hydroxylation is 2. The number of benzene rings is 1. The number of halogens is 1. The zero-order chi connectivity index (χ0) is 16.1. The molecule has 1 aromatic carbocycles. The molecule has 0 fully saturated rings. The number of hydrogen-bond acceptors (Lipinski definition) is 5. The van der Waals surface area contributed by atoms with E-state index < -0.39 is 5.91 Å². The number of carbonyl (C=O) groups is 1. The molecular weight excluding hydrogens is 324 g/mol. The summed E-state index contributed by atoms with van der Waals surface area (Å²) in [6, 6.07) is 5.17. The Morgan fingerprint density at radius 3 is 2.91 bits per heavy atom. The van der Waals surface area contributed by atoms with E-state index in [1.165, 1.54) is 0 Å². The highest BCUT2D eigenvalue weighted by molar-refractivity contribution is 7.80. The Labute approximate surface area is 138 Å². The molecule has 0 bridgehead atoms. The Balaban J connectivity index is 2.02. The predicted octanol–water partition coefficient (Wildman–Crippen LogP) is 2.17. The lowest BCUT2D eigenvalue weighted by molar-refractivity contribution is 0.0978. The maximum absolute atomic E-state index is 12.1. The van der Waals surface area contributed by atoms with Crippen LogP contribution in [-0.4, -0.2) is 31.2 Å². The highest BCUT2D eigenvalue weighted by Gasteiger charge is 2.13. The lowest BCUT2D eigenvalue weighted by atomic mass is 10.1. The van der Waals surface area contributed by atoms with Crippen molar-refractivity contribution in [2.24, 2.45) is 0 Å². The molecule has 0 aliphatic rings. The van der Waals surface area contributed by atoms with Gasteiger partial charge in [-0.15, -0.1) is 0 Å². The quantitative estimate of drug-likeness (QED) is 0.831. The summed E-state index contributed by atoms with van der Waals surface area (Å²) in [5.74, 6) is -0.0147. The van der Waals surface area contributed by atoms with Crippen molar-refractivity contribution in [2.75, 3.05) is 5.32 Å². The summed E-state index contributed by atoms with van der Waals surface area (Å²) >= 11 is 11.2. The monoisotopic (exact) mass is 338 g/mol. The van der Waals surface area contributed by atoms with Crippen molar-refractivity contribution >= 4 is 40.8 Å². The van der Waals surface area contributed by atoms with Gasteiger partial charge in [-0.3, -0.25) is 15.4 Å². The van der Waals surface area contributed by atoms with E-state index in [-0.39, 0.29) is 5.11 Å². The molecule has 0 saturated heterocycles. The summed E-state index contributed by atoms with van der Waals surface area (Å²) in [5, 5.41) is 17.0. The molecule has 1 amide bonds. The highest BCUT2D eigenvalue weighted by Crippen LogP contribution is 2.17. The van der Waals surface area contributed by atoms with Crippen molar-refractivity contribution in [3.05, 3.63) is 34.3 Å². The molecule has 0 aliphatic carbocycles. The molecule has 7 nitrogen and oxygen atoms in total. The van der Waals surface area contributed by atoms with Crippen LogP contribution in [0.15, 0.2) is 18.2 Å². The fraction of sp³-hybridized carbons (Fsp3) is 0.308. The molecule has 2 rings (SSSR count). The summed E-state index contributed by atoms with van der Waals surface area (Å²) in [6.45, 7) is 4.55. The SMILES string of the molecule is CCCn1nnnc1NC(=S)NC(=O)c1ccc(C)cc1Cl. The molecule has 22 heavy (non-hydrogen) atoms. The van der Waals surface area contributed by atoms with Crippen molar-refractivity contribution in [2.45, 2.75) is 26.8 Å². The van der Waals surface area contributed by atoms with E-state index >= 15 is 0 Å². The summed E-state index contributed by atoms with van der Waals surface area (Å²) in [4.78, 5) is 12.1. The highest BCUT2D eigenvalue weighted by atomic mass is 35.5. The molecular formula is C13H15ClN6OS. The summed E-state index contributed by atoms with van der Waals surface area (Å²) < 4.78 is 1.57. The van der Waals surface area contributed by atoms with Crippen molar-refractivity contribution in [1.29, 1.82) is 0 Å². The van der Waals surface area contributed by atoms with Gasteiger partial charge in [0.15, 0.2) is 5.11 Å². The minimum absolute atomic E-state index is 0.105. The van der Waals surface area contributed by atoms with Crippen molar-refractivity contribution in [3.63, 3.8) is 0 Å². The average molecular weight is 339 g/mol. The lowest BCUT2D eigenvalue weighted by Gasteiger charge is -2.10. The maximum atomic E-state index is 12.1. The molecule has 0 saturated carbocycles. The fourth-order valence-corrected chi connectivity index (χ4v) is 2.27. The van der Waals surface area contributed by atoms with Gasteiger partial charge in [-0.25, -0.2) is 4.68 Å². The van der Waals surface area contributed by atoms with Gasteiger partial charge >= 0.3 is 0 Å². The van der Waals surface area contributed by atoms with Gasteiger partial charge in [0.1, 0.15) is 0 Å². The van der Waals surface area contributed by atoms with Gasteiger partial charge in [0.05, 0.1) is 10.6 Å².